The Kier molecular flexibility index (Phi) is 11.8. The number of hydrogen-bond donors (Lipinski definition) is 5. The largest absolute Gasteiger partial charge is 0.458 e. The molecular formula is C31H41N5O6S. The molecule has 1 heterocycles. The van der Waals surface area contributed by atoms with Crippen LogP contribution in [0.25, 0.3) is 0 Å². The molecule has 2 aromatic rings. The number of rotatable bonds is 12. The molecule has 11 nitrogen and oxygen atoms in total. The Morgan fingerprint density at radius 2 is 1.67 bits per heavy atom. The molecule has 232 valence electrons. The van der Waals surface area contributed by atoms with Crippen molar-refractivity contribution in [3.63, 3.8) is 0 Å². The topological polar surface area (TPSA) is 177 Å². The van der Waals surface area contributed by atoms with E-state index in [1.165, 1.54) is 4.90 Å². The van der Waals surface area contributed by atoms with E-state index in [1.807, 2.05) is 30.3 Å². The van der Waals surface area contributed by atoms with Crippen molar-refractivity contribution >= 4 is 40.9 Å². The minimum absolute atomic E-state index is 0.0702. The fourth-order valence-electron chi connectivity index (χ4n) is 5.02. The van der Waals surface area contributed by atoms with Crippen LogP contribution in [-0.4, -0.2) is 69.0 Å². The molecule has 2 amide bonds. The summed E-state index contributed by atoms with van der Waals surface area (Å²) in [6.07, 6.45) is -1.54. The highest BCUT2D eigenvalue weighted by atomic mass is 32.1. The van der Waals surface area contributed by atoms with Gasteiger partial charge in [0.15, 0.2) is 10.9 Å². The minimum atomic E-state index is -1.94. The quantitative estimate of drug-likeness (QED) is 0.174. The van der Waals surface area contributed by atoms with Crippen LogP contribution in [0, 0.1) is 5.92 Å². The van der Waals surface area contributed by atoms with E-state index >= 15 is 0 Å². The second-order valence-electron chi connectivity index (χ2n) is 11.6. The molecule has 12 heteroatoms. The molecule has 5 atom stereocenters. The number of carbonyl (C=O) groups is 4. The number of ether oxygens (including phenoxy) is 1. The van der Waals surface area contributed by atoms with Crippen molar-refractivity contribution in [1.29, 1.82) is 0 Å². The monoisotopic (exact) mass is 611 g/mol. The van der Waals surface area contributed by atoms with Gasteiger partial charge in [0.1, 0.15) is 17.7 Å². The van der Waals surface area contributed by atoms with Crippen LogP contribution in [0.1, 0.15) is 57.2 Å². The number of hydrogen-bond acceptors (Lipinski definition) is 8. The van der Waals surface area contributed by atoms with Gasteiger partial charge in [0.2, 0.25) is 5.91 Å². The van der Waals surface area contributed by atoms with Crippen LogP contribution in [0.5, 0.6) is 0 Å². The Morgan fingerprint density at radius 3 is 2.26 bits per heavy atom. The Bertz CT molecular complexity index is 1290. The Balaban J connectivity index is 1.88. The summed E-state index contributed by atoms with van der Waals surface area (Å²) in [6.45, 7) is 5.70. The molecule has 1 aliphatic rings. The SMILES string of the molecule is CC(C)(C)OC(=O)[C@@H]1CCCN1C(=O)C(O)[C@@H](C(=O)[C@H](CC(N)=O)NC(=S)NCc1ccccc1)C(N)c1ccccc1. The first kappa shape index (κ1) is 33.6. The van der Waals surface area contributed by atoms with E-state index in [1.54, 1.807) is 51.1 Å². The maximum Gasteiger partial charge on any atom is 0.329 e. The Hall–Kier alpha value is -3.87. The molecule has 2 aromatic carbocycles. The molecule has 1 aliphatic heterocycles. The van der Waals surface area contributed by atoms with Crippen molar-refractivity contribution in [2.75, 3.05) is 6.54 Å². The number of nitrogens with zero attached hydrogens (tertiary/aromatic N) is 1. The summed E-state index contributed by atoms with van der Waals surface area (Å²) in [5.41, 5.74) is 12.7. The minimum Gasteiger partial charge on any atom is -0.458 e. The second kappa shape index (κ2) is 15.0. The third kappa shape index (κ3) is 9.57. The van der Waals surface area contributed by atoms with Gasteiger partial charge in [0.05, 0.1) is 18.4 Å². The molecule has 43 heavy (non-hydrogen) atoms. The number of aliphatic hydroxyl groups excluding tert-OH is 1. The van der Waals surface area contributed by atoms with Gasteiger partial charge in [-0.3, -0.25) is 14.4 Å². The number of nitrogens with one attached hydrogen (secondary N) is 2. The van der Waals surface area contributed by atoms with Gasteiger partial charge in [0.25, 0.3) is 5.91 Å². The number of likely N-dealkylation sites (tertiary alicyclic amines) is 1. The van der Waals surface area contributed by atoms with Crippen LogP contribution in [0.2, 0.25) is 0 Å². The molecule has 7 N–H and O–H groups in total. The highest BCUT2D eigenvalue weighted by molar-refractivity contribution is 7.80. The molecule has 0 radical (unpaired) electrons. The summed E-state index contributed by atoms with van der Waals surface area (Å²) < 4.78 is 5.50. The average Bonchev–Trinajstić information content (AvgIpc) is 3.45. The second-order valence-corrected chi connectivity index (χ2v) is 12.0. The van der Waals surface area contributed by atoms with Crippen molar-refractivity contribution in [3.8, 4) is 0 Å². The lowest BCUT2D eigenvalue weighted by atomic mass is 9.81. The fraction of sp³-hybridized carbons (Fsp3) is 0.452. The Labute approximate surface area is 257 Å². The van der Waals surface area contributed by atoms with Gasteiger partial charge in [0, 0.05) is 19.1 Å². The lowest BCUT2D eigenvalue weighted by Gasteiger charge is -2.34. The predicted octanol–water partition coefficient (Wildman–Crippen LogP) is 1.47. The summed E-state index contributed by atoms with van der Waals surface area (Å²) in [4.78, 5) is 54.0. The van der Waals surface area contributed by atoms with E-state index < -0.39 is 65.7 Å². The molecule has 1 fully saturated rings. The summed E-state index contributed by atoms with van der Waals surface area (Å²) >= 11 is 5.39. The summed E-state index contributed by atoms with van der Waals surface area (Å²) in [7, 11) is 0. The number of thiocarbonyl (C=S) groups is 1. The summed E-state index contributed by atoms with van der Waals surface area (Å²) in [6, 6.07) is 14.6. The first-order valence-electron chi connectivity index (χ1n) is 14.2. The van der Waals surface area contributed by atoms with Crippen molar-refractivity contribution in [2.24, 2.45) is 17.4 Å². The van der Waals surface area contributed by atoms with Crippen molar-refractivity contribution in [1.82, 2.24) is 15.5 Å². The first-order valence-corrected chi connectivity index (χ1v) is 14.6. The lowest BCUT2D eigenvalue weighted by Crippen LogP contribution is -2.56. The molecule has 2 unspecified atom stereocenters. The summed E-state index contributed by atoms with van der Waals surface area (Å²) in [5.74, 6) is -4.46. The van der Waals surface area contributed by atoms with E-state index in [9.17, 15) is 24.3 Å². The number of primary amides is 1. The molecular weight excluding hydrogens is 570 g/mol. The number of carbonyl (C=O) groups excluding carboxylic acids is 4. The van der Waals surface area contributed by atoms with Crippen LogP contribution < -0.4 is 22.1 Å². The van der Waals surface area contributed by atoms with Crippen LogP contribution in [-0.2, 0) is 30.5 Å². The number of Topliss-reactive ketones (excluding diaryl/α,β-unsaturated/α-hetero) is 1. The number of amides is 2. The van der Waals surface area contributed by atoms with Gasteiger partial charge >= 0.3 is 5.97 Å². The van der Waals surface area contributed by atoms with E-state index in [4.69, 9.17) is 28.4 Å². The average molecular weight is 612 g/mol. The van der Waals surface area contributed by atoms with Crippen LogP contribution >= 0.6 is 12.2 Å². The number of ketones is 1. The van der Waals surface area contributed by atoms with Gasteiger partial charge in [-0.1, -0.05) is 60.7 Å². The third-order valence-electron chi connectivity index (χ3n) is 7.06. The van der Waals surface area contributed by atoms with E-state index in [0.29, 0.717) is 24.9 Å². The standard InChI is InChI=1S/C31H41N5O6S/c1-31(2,3)42-29(41)22-15-10-16-36(22)28(40)27(39)24(25(33)20-13-8-5-9-14-20)26(38)21(17-23(32)37)35-30(43)34-18-19-11-6-4-7-12-19/h4-9,11-14,21-22,24-25,27,39H,10,15-18,33H2,1-3H3,(H2,32,37)(H2,34,35,43)/t21-,22-,24+,25?,27?/m0/s1. The third-order valence-corrected chi connectivity index (χ3v) is 7.32. The van der Waals surface area contributed by atoms with Crippen LogP contribution in [0.15, 0.2) is 60.7 Å². The van der Waals surface area contributed by atoms with Gasteiger partial charge < -0.3 is 36.8 Å². The molecule has 0 aromatic heterocycles. The van der Waals surface area contributed by atoms with Gasteiger partial charge in [-0.25, -0.2) is 4.79 Å². The number of benzene rings is 2. The highest BCUT2D eigenvalue weighted by Gasteiger charge is 2.46. The van der Waals surface area contributed by atoms with Crippen LogP contribution in [0.3, 0.4) is 0 Å². The van der Waals surface area contributed by atoms with Crippen molar-refractivity contribution in [3.05, 3.63) is 71.8 Å². The maximum atomic E-state index is 14.1. The number of aliphatic hydroxyl groups is 1. The number of nitrogens with two attached hydrogens (primary N) is 2. The van der Waals surface area contributed by atoms with Crippen molar-refractivity contribution < 1.29 is 29.0 Å². The first-order chi connectivity index (χ1) is 20.3. The smallest absolute Gasteiger partial charge is 0.329 e. The molecule has 0 saturated carbocycles. The number of esters is 1. The van der Waals surface area contributed by atoms with Crippen molar-refractivity contribution in [2.45, 2.75) is 76.4 Å². The Morgan fingerprint density at radius 1 is 1.07 bits per heavy atom. The zero-order valence-electron chi connectivity index (χ0n) is 24.7. The van der Waals surface area contributed by atoms with Gasteiger partial charge in [-0.2, -0.15) is 0 Å². The van der Waals surface area contributed by atoms with Crippen LogP contribution in [0.4, 0.5) is 0 Å². The molecule has 1 saturated heterocycles. The van der Waals surface area contributed by atoms with E-state index in [-0.39, 0.29) is 11.7 Å². The lowest BCUT2D eigenvalue weighted by molar-refractivity contribution is -0.166. The molecule has 0 bridgehead atoms. The van der Waals surface area contributed by atoms with E-state index in [0.717, 1.165) is 5.56 Å². The highest BCUT2D eigenvalue weighted by Crippen LogP contribution is 2.29. The predicted molar refractivity (Wildman–Crippen MR) is 165 cm³/mol. The van der Waals surface area contributed by atoms with E-state index in [2.05, 4.69) is 10.6 Å². The van der Waals surface area contributed by atoms with Gasteiger partial charge in [-0.05, 0) is 57.0 Å². The zero-order valence-corrected chi connectivity index (χ0v) is 25.5. The maximum absolute atomic E-state index is 14.1. The molecule has 3 rings (SSSR count). The molecule has 0 spiro atoms. The van der Waals surface area contributed by atoms with Gasteiger partial charge in [-0.15, -0.1) is 0 Å². The summed E-state index contributed by atoms with van der Waals surface area (Å²) in [5, 5.41) is 17.4. The molecule has 0 aliphatic carbocycles. The normalized spacial score (nSPS) is 17.7. The fourth-order valence-corrected chi connectivity index (χ4v) is 5.24. The zero-order chi connectivity index (χ0) is 31.7.